The van der Waals surface area contributed by atoms with Crippen molar-refractivity contribution in [3.8, 4) is 0 Å². The third kappa shape index (κ3) is 3.12. The molecule has 0 bridgehead atoms. The molecule has 2 rings (SSSR count). The van der Waals surface area contributed by atoms with Crippen molar-refractivity contribution < 1.29 is 29.3 Å². The fraction of sp³-hybridized carbons (Fsp3) is 0.308. The van der Waals surface area contributed by atoms with Crippen molar-refractivity contribution in [1.29, 1.82) is 0 Å². The Balaban J connectivity index is 2.00. The lowest BCUT2D eigenvalue weighted by atomic mass is 10.1. The number of carbonyl (C=O) groups is 3. The van der Waals surface area contributed by atoms with Crippen molar-refractivity contribution in [2.75, 3.05) is 5.32 Å². The van der Waals surface area contributed by atoms with Crippen molar-refractivity contribution in [3.63, 3.8) is 0 Å². The minimum Gasteiger partial charge on any atom is -0.479 e. The van der Waals surface area contributed by atoms with Gasteiger partial charge in [-0.1, -0.05) is 6.07 Å². The molecule has 0 radical (unpaired) electrons. The van der Waals surface area contributed by atoms with Crippen molar-refractivity contribution in [2.24, 2.45) is 0 Å². The first kappa shape index (κ1) is 14.0. The number of hydrogen-bond donors (Lipinski definition) is 3. The van der Waals surface area contributed by atoms with Gasteiger partial charge < -0.3 is 20.3 Å². The maximum atomic E-state index is 11.9. The van der Waals surface area contributed by atoms with Gasteiger partial charge in [0, 0.05) is 5.69 Å². The summed E-state index contributed by atoms with van der Waals surface area (Å²) in [6.45, 7) is 0. The number of carbonyl (C=O) groups excluding carboxylic acids is 1. The Morgan fingerprint density at radius 2 is 1.85 bits per heavy atom. The van der Waals surface area contributed by atoms with Gasteiger partial charge in [0.1, 0.15) is 6.10 Å². The number of aliphatic carboxylic acids is 1. The highest BCUT2D eigenvalue weighted by molar-refractivity contribution is 5.96. The van der Waals surface area contributed by atoms with Crippen molar-refractivity contribution in [3.05, 3.63) is 29.8 Å². The molecule has 0 saturated carbocycles. The van der Waals surface area contributed by atoms with E-state index in [1.165, 1.54) is 18.2 Å². The van der Waals surface area contributed by atoms with Gasteiger partial charge in [-0.25, -0.2) is 9.59 Å². The zero-order valence-corrected chi connectivity index (χ0v) is 10.4. The number of anilines is 1. The molecule has 2 unspecified atom stereocenters. The van der Waals surface area contributed by atoms with E-state index in [4.69, 9.17) is 14.9 Å². The highest BCUT2D eigenvalue weighted by Gasteiger charge is 2.34. The molecule has 1 fully saturated rings. The molecule has 7 nitrogen and oxygen atoms in total. The fourth-order valence-corrected chi connectivity index (χ4v) is 1.96. The molecular weight excluding hydrogens is 266 g/mol. The second kappa shape index (κ2) is 5.70. The Labute approximate surface area is 114 Å². The van der Waals surface area contributed by atoms with Crippen LogP contribution in [-0.4, -0.2) is 40.3 Å². The normalized spacial score (nSPS) is 21.4. The number of nitrogens with one attached hydrogen (secondary N) is 1. The number of aromatic carboxylic acids is 1. The van der Waals surface area contributed by atoms with E-state index in [1.54, 1.807) is 6.07 Å². The zero-order valence-electron chi connectivity index (χ0n) is 10.4. The number of rotatable bonds is 4. The van der Waals surface area contributed by atoms with Crippen molar-refractivity contribution >= 4 is 23.5 Å². The average Bonchev–Trinajstić information content (AvgIpc) is 2.88. The third-order valence-electron chi connectivity index (χ3n) is 2.96. The van der Waals surface area contributed by atoms with Crippen LogP contribution >= 0.6 is 0 Å². The van der Waals surface area contributed by atoms with Gasteiger partial charge in [-0.3, -0.25) is 4.79 Å². The Bertz CT molecular complexity index is 556. The van der Waals surface area contributed by atoms with Crippen LogP contribution in [0.5, 0.6) is 0 Å². The van der Waals surface area contributed by atoms with Crippen LogP contribution in [0, 0.1) is 0 Å². The maximum Gasteiger partial charge on any atom is 0.335 e. The summed E-state index contributed by atoms with van der Waals surface area (Å²) in [6, 6.07) is 5.79. The van der Waals surface area contributed by atoms with Crippen LogP contribution in [0.4, 0.5) is 5.69 Å². The molecule has 0 spiro atoms. The highest BCUT2D eigenvalue weighted by Crippen LogP contribution is 2.21. The van der Waals surface area contributed by atoms with Gasteiger partial charge >= 0.3 is 11.9 Å². The number of amides is 1. The molecule has 106 valence electrons. The predicted octanol–water partition coefficient (Wildman–Crippen LogP) is 0.955. The van der Waals surface area contributed by atoms with Gasteiger partial charge in [-0.2, -0.15) is 0 Å². The molecule has 2 atom stereocenters. The summed E-state index contributed by atoms with van der Waals surface area (Å²) < 4.78 is 5.11. The molecule has 1 aromatic rings. The van der Waals surface area contributed by atoms with Crippen LogP contribution in [0.3, 0.4) is 0 Å². The van der Waals surface area contributed by atoms with E-state index >= 15 is 0 Å². The monoisotopic (exact) mass is 279 g/mol. The van der Waals surface area contributed by atoms with Crippen LogP contribution in [0.2, 0.25) is 0 Å². The molecule has 3 N–H and O–H groups in total. The van der Waals surface area contributed by atoms with Gasteiger partial charge in [0.2, 0.25) is 0 Å². The summed E-state index contributed by atoms with van der Waals surface area (Å²) in [5, 5.41) is 20.1. The maximum absolute atomic E-state index is 11.9. The van der Waals surface area contributed by atoms with Crippen LogP contribution in [0.25, 0.3) is 0 Å². The number of benzene rings is 1. The summed E-state index contributed by atoms with van der Waals surface area (Å²) in [6.07, 6.45) is -1.19. The van der Waals surface area contributed by atoms with E-state index < -0.39 is 30.1 Å². The van der Waals surface area contributed by atoms with Gasteiger partial charge in [0.05, 0.1) is 5.56 Å². The first-order chi connectivity index (χ1) is 9.47. The molecule has 1 aliphatic rings. The second-order valence-corrected chi connectivity index (χ2v) is 4.40. The Kier molecular flexibility index (Phi) is 3.99. The molecule has 1 saturated heterocycles. The number of ether oxygens (including phenoxy) is 1. The van der Waals surface area contributed by atoms with E-state index in [0.717, 1.165) is 0 Å². The van der Waals surface area contributed by atoms with E-state index in [0.29, 0.717) is 12.1 Å². The fourth-order valence-electron chi connectivity index (χ4n) is 1.96. The first-order valence-electron chi connectivity index (χ1n) is 6.00. The topological polar surface area (TPSA) is 113 Å². The quantitative estimate of drug-likeness (QED) is 0.756. The lowest BCUT2D eigenvalue weighted by molar-refractivity contribution is -0.150. The molecule has 0 aliphatic carbocycles. The molecular formula is C13H13NO6. The Hall–Kier alpha value is -2.41. The summed E-state index contributed by atoms with van der Waals surface area (Å²) in [4.78, 5) is 33.4. The van der Waals surface area contributed by atoms with Crippen LogP contribution in [0.1, 0.15) is 23.2 Å². The molecule has 7 heteroatoms. The molecule has 1 heterocycles. The molecule has 1 aliphatic heterocycles. The SMILES string of the molecule is O=C(O)c1cccc(NC(=O)C2CCC(C(=O)O)O2)c1. The lowest BCUT2D eigenvalue weighted by Crippen LogP contribution is -2.30. The van der Waals surface area contributed by atoms with Crippen LogP contribution in [0.15, 0.2) is 24.3 Å². The largest absolute Gasteiger partial charge is 0.479 e. The number of carboxylic acid groups (broad SMARTS) is 2. The minimum absolute atomic E-state index is 0.0542. The Morgan fingerprint density at radius 1 is 1.15 bits per heavy atom. The molecule has 0 aromatic heterocycles. The van der Waals surface area contributed by atoms with E-state index in [-0.39, 0.29) is 12.0 Å². The predicted molar refractivity (Wildman–Crippen MR) is 67.6 cm³/mol. The second-order valence-electron chi connectivity index (χ2n) is 4.40. The van der Waals surface area contributed by atoms with Crippen LogP contribution < -0.4 is 5.32 Å². The summed E-state index contributed by atoms with van der Waals surface area (Å²) >= 11 is 0. The van der Waals surface area contributed by atoms with Gasteiger partial charge in [-0.05, 0) is 31.0 Å². The molecule has 1 amide bonds. The number of hydrogen-bond acceptors (Lipinski definition) is 4. The summed E-state index contributed by atoms with van der Waals surface area (Å²) in [5.41, 5.74) is 0.385. The summed E-state index contributed by atoms with van der Waals surface area (Å²) in [5.74, 6) is -2.66. The van der Waals surface area contributed by atoms with E-state index in [1.807, 2.05) is 0 Å². The first-order valence-corrected chi connectivity index (χ1v) is 6.00. The van der Waals surface area contributed by atoms with Crippen molar-refractivity contribution in [1.82, 2.24) is 0 Å². The van der Waals surface area contributed by atoms with Gasteiger partial charge in [-0.15, -0.1) is 0 Å². The molecule has 20 heavy (non-hydrogen) atoms. The standard InChI is InChI=1S/C13H13NO6/c15-11(9-4-5-10(20-9)13(18)19)14-8-3-1-2-7(6-8)12(16)17/h1-3,6,9-10H,4-5H2,(H,14,15)(H,16,17)(H,18,19). The smallest absolute Gasteiger partial charge is 0.335 e. The summed E-state index contributed by atoms with van der Waals surface area (Å²) in [7, 11) is 0. The number of carboxylic acids is 2. The Morgan fingerprint density at radius 3 is 2.45 bits per heavy atom. The molecule has 1 aromatic carbocycles. The minimum atomic E-state index is -1.09. The van der Waals surface area contributed by atoms with Crippen molar-refractivity contribution in [2.45, 2.75) is 25.0 Å². The highest BCUT2D eigenvalue weighted by atomic mass is 16.5. The van der Waals surface area contributed by atoms with Gasteiger partial charge in [0.25, 0.3) is 5.91 Å². The van der Waals surface area contributed by atoms with Gasteiger partial charge in [0.15, 0.2) is 6.10 Å². The average molecular weight is 279 g/mol. The van der Waals surface area contributed by atoms with E-state index in [9.17, 15) is 14.4 Å². The van der Waals surface area contributed by atoms with E-state index in [2.05, 4.69) is 5.32 Å². The zero-order chi connectivity index (χ0) is 14.7. The van der Waals surface area contributed by atoms with Crippen LogP contribution in [-0.2, 0) is 14.3 Å². The third-order valence-corrected chi connectivity index (χ3v) is 2.96. The lowest BCUT2D eigenvalue weighted by Gasteiger charge is -2.12.